The van der Waals surface area contributed by atoms with Gasteiger partial charge >= 0.3 is 0 Å². The van der Waals surface area contributed by atoms with Crippen molar-refractivity contribution >= 4 is 5.78 Å². The highest BCUT2D eigenvalue weighted by molar-refractivity contribution is 5.83. The Morgan fingerprint density at radius 2 is 1.96 bits per heavy atom. The first kappa shape index (κ1) is 17.3. The van der Waals surface area contributed by atoms with Crippen molar-refractivity contribution in [2.75, 3.05) is 0 Å². The maximum absolute atomic E-state index is 12.6. The number of nitrogens with zero attached hydrogens (tertiary/aromatic N) is 2. The van der Waals surface area contributed by atoms with Gasteiger partial charge < -0.3 is 0 Å². The first-order chi connectivity index (χ1) is 13.0. The molecule has 0 saturated heterocycles. The van der Waals surface area contributed by atoms with Gasteiger partial charge in [-0.05, 0) is 66.3 Å². The summed E-state index contributed by atoms with van der Waals surface area (Å²) in [6.45, 7) is 4.94. The minimum absolute atomic E-state index is 0.125. The SMILES string of the molecule is C[C@@]12C=CC[C@H]1[C@@H]1CC=C3CC(=O)CC(Cc4ncccn4)[C@]3(C)[C@H]1CC2. The molecule has 0 N–H and O–H groups in total. The van der Waals surface area contributed by atoms with Gasteiger partial charge in [0.2, 0.25) is 0 Å². The van der Waals surface area contributed by atoms with Gasteiger partial charge in [0, 0.05) is 31.7 Å². The first-order valence-corrected chi connectivity index (χ1v) is 10.7. The molecule has 0 aromatic carbocycles. The maximum Gasteiger partial charge on any atom is 0.137 e. The third-order valence-corrected chi connectivity index (χ3v) is 8.62. The van der Waals surface area contributed by atoms with Crippen molar-refractivity contribution < 1.29 is 4.79 Å². The number of ketones is 1. The van der Waals surface area contributed by atoms with E-state index in [0.29, 0.717) is 35.9 Å². The van der Waals surface area contributed by atoms with Crippen LogP contribution >= 0.6 is 0 Å². The Morgan fingerprint density at radius 1 is 1.15 bits per heavy atom. The molecule has 0 radical (unpaired) electrons. The number of hydrogen-bond donors (Lipinski definition) is 0. The fourth-order valence-electron chi connectivity index (χ4n) is 7.12. The van der Waals surface area contributed by atoms with Gasteiger partial charge in [0.25, 0.3) is 0 Å². The van der Waals surface area contributed by atoms with E-state index in [1.54, 1.807) is 0 Å². The van der Waals surface area contributed by atoms with Crippen LogP contribution < -0.4 is 0 Å². The third kappa shape index (κ3) is 2.57. The third-order valence-electron chi connectivity index (χ3n) is 8.62. The van der Waals surface area contributed by atoms with Gasteiger partial charge in [0.15, 0.2) is 0 Å². The van der Waals surface area contributed by atoms with Crippen LogP contribution in [0, 0.1) is 34.5 Å². The molecule has 0 amide bonds. The van der Waals surface area contributed by atoms with Crippen molar-refractivity contribution in [2.24, 2.45) is 34.5 Å². The molecule has 1 aromatic rings. The van der Waals surface area contributed by atoms with E-state index < -0.39 is 0 Å². The first-order valence-electron chi connectivity index (χ1n) is 10.7. The molecule has 4 aliphatic carbocycles. The monoisotopic (exact) mass is 362 g/mol. The van der Waals surface area contributed by atoms with Crippen molar-refractivity contribution in [2.45, 2.75) is 58.8 Å². The number of aromatic nitrogens is 2. The van der Waals surface area contributed by atoms with E-state index in [-0.39, 0.29) is 5.41 Å². The van der Waals surface area contributed by atoms with Crippen LogP contribution in [0.3, 0.4) is 0 Å². The molecule has 2 fully saturated rings. The van der Waals surface area contributed by atoms with E-state index in [0.717, 1.165) is 24.1 Å². The second-order valence-electron chi connectivity index (χ2n) is 9.79. The fourth-order valence-corrected chi connectivity index (χ4v) is 7.12. The summed E-state index contributed by atoms with van der Waals surface area (Å²) in [5, 5.41) is 0. The van der Waals surface area contributed by atoms with Crippen LogP contribution in [-0.4, -0.2) is 15.8 Å². The summed E-state index contributed by atoms with van der Waals surface area (Å²) in [6, 6.07) is 1.87. The lowest BCUT2D eigenvalue weighted by Gasteiger charge is -2.59. The lowest BCUT2D eigenvalue weighted by Crippen LogP contribution is -2.53. The van der Waals surface area contributed by atoms with Crippen LogP contribution in [0.5, 0.6) is 0 Å². The van der Waals surface area contributed by atoms with Crippen molar-refractivity contribution in [3.05, 3.63) is 48.1 Å². The van der Waals surface area contributed by atoms with Gasteiger partial charge in [0.1, 0.15) is 11.6 Å². The number of rotatable bonds is 2. The highest BCUT2D eigenvalue weighted by Crippen LogP contribution is 2.64. The summed E-state index contributed by atoms with van der Waals surface area (Å²) in [7, 11) is 0. The van der Waals surface area contributed by atoms with Gasteiger partial charge in [0.05, 0.1) is 0 Å². The van der Waals surface area contributed by atoms with E-state index >= 15 is 0 Å². The molecule has 27 heavy (non-hydrogen) atoms. The summed E-state index contributed by atoms with van der Waals surface area (Å²) in [4.78, 5) is 21.5. The van der Waals surface area contributed by atoms with Crippen LogP contribution in [0.4, 0.5) is 0 Å². The van der Waals surface area contributed by atoms with E-state index in [1.807, 2.05) is 18.5 Å². The second-order valence-corrected chi connectivity index (χ2v) is 9.79. The molecule has 1 aromatic heterocycles. The van der Waals surface area contributed by atoms with E-state index in [1.165, 1.54) is 31.3 Å². The molecule has 0 bridgehead atoms. The van der Waals surface area contributed by atoms with Crippen LogP contribution in [0.2, 0.25) is 0 Å². The minimum Gasteiger partial charge on any atom is -0.299 e. The Morgan fingerprint density at radius 3 is 2.78 bits per heavy atom. The van der Waals surface area contributed by atoms with E-state index in [2.05, 4.69) is 42.0 Å². The lowest BCUT2D eigenvalue weighted by atomic mass is 9.45. The second kappa shape index (κ2) is 6.12. The summed E-state index contributed by atoms with van der Waals surface area (Å²) in [5.74, 6) is 3.84. The summed E-state index contributed by atoms with van der Waals surface area (Å²) in [5.41, 5.74) is 1.95. The Bertz CT molecular complexity index is 813. The van der Waals surface area contributed by atoms with E-state index in [4.69, 9.17) is 0 Å². The average Bonchev–Trinajstić information content (AvgIpc) is 3.05. The number of Topliss-reactive ketones (excluding diaryl/α,β-unsaturated/α-hetero) is 1. The molecule has 1 heterocycles. The molecule has 3 nitrogen and oxygen atoms in total. The van der Waals surface area contributed by atoms with Crippen molar-refractivity contribution in [1.82, 2.24) is 9.97 Å². The summed E-state index contributed by atoms with van der Waals surface area (Å²) < 4.78 is 0. The van der Waals surface area contributed by atoms with Gasteiger partial charge in [-0.15, -0.1) is 0 Å². The van der Waals surface area contributed by atoms with Gasteiger partial charge in [-0.25, -0.2) is 9.97 Å². The minimum atomic E-state index is 0.125. The quantitative estimate of drug-likeness (QED) is 0.700. The lowest BCUT2D eigenvalue weighted by molar-refractivity contribution is -0.125. The number of carbonyl (C=O) groups excluding carboxylic acids is 1. The summed E-state index contributed by atoms with van der Waals surface area (Å²) in [6.07, 6.45) is 18.2. The fraction of sp³-hybridized carbons (Fsp3) is 0.625. The maximum atomic E-state index is 12.6. The molecule has 0 aliphatic heterocycles. The van der Waals surface area contributed by atoms with Crippen molar-refractivity contribution in [3.63, 3.8) is 0 Å². The van der Waals surface area contributed by atoms with Gasteiger partial charge in [-0.2, -0.15) is 0 Å². The van der Waals surface area contributed by atoms with E-state index in [9.17, 15) is 4.79 Å². The highest BCUT2D eigenvalue weighted by Gasteiger charge is 2.57. The molecule has 2 saturated carbocycles. The average molecular weight is 363 g/mol. The number of fused-ring (bicyclic) bond motifs is 5. The molecule has 3 heteroatoms. The van der Waals surface area contributed by atoms with Gasteiger partial charge in [-0.1, -0.05) is 37.6 Å². The van der Waals surface area contributed by atoms with Crippen molar-refractivity contribution in [3.8, 4) is 0 Å². The molecule has 5 rings (SSSR count). The molecular formula is C24H30N2O. The van der Waals surface area contributed by atoms with Crippen LogP contribution in [-0.2, 0) is 11.2 Å². The highest BCUT2D eigenvalue weighted by atomic mass is 16.1. The Labute approximate surface area is 162 Å². The smallest absolute Gasteiger partial charge is 0.137 e. The normalized spacial score (nSPS) is 42.9. The molecule has 4 aliphatic rings. The zero-order valence-electron chi connectivity index (χ0n) is 16.5. The van der Waals surface area contributed by atoms with Crippen LogP contribution in [0.1, 0.15) is 58.2 Å². The molecule has 1 unspecified atom stereocenters. The van der Waals surface area contributed by atoms with Crippen molar-refractivity contribution in [1.29, 1.82) is 0 Å². The summed E-state index contributed by atoms with van der Waals surface area (Å²) >= 11 is 0. The van der Waals surface area contributed by atoms with Crippen LogP contribution in [0.25, 0.3) is 0 Å². The Balaban J connectivity index is 1.52. The Kier molecular flexibility index (Phi) is 3.93. The molecule has 142 valence electrons. The predicted octanol–water partition coefficient (Wildman–Crippen LogP) is 4.94. The largest absolute Gasteiger partial charge is 0.299 e. The van der Waals surface area contributed by atoms with Crippen LogP contribution in [0.15, 0.2) is 42.3 Å². The van der Waals surface area contributed by atoms with Gasteiger partial charge in [-0.3, -0.25) is 4.79 Å². The zero-order valence-corrected chi connectivity index (χ0v) is 16.5. The number of hydrogen-bond acceptors (Lipinski definition) is 3. The topological polar surface area (TPSA) is 42.9 Å². The predicted molar refractivity (Wildman–Crippen MR) is 106 cm³/mol. The Hall–Kier alpha value is -1.77. The molecule has 0 spiro atoms. The standard InChI is InChI=1S/C24H30N2O/c1-23-9-3-5-20(23)19-7-6-16-13-18(27)14-17(15-22-25-11-4-12-26-22)24(16,2)21(19)8-10-23/h3-4,6,9,11-12,17,19-21H,5,7-8,10,13-15H2,1-2H3/t17?,19-,20-,21-,23-,24+/m0/s1. The number of allylic oxidation sites excluding steroid dienone is 4. The molecule has 6 atom stereocenters. The number of carbonyl (C=O) groups is 1. The molecular weight excluding hydrogens is 332 g/mol. The zero-order chi connectivity index (χ0) is 18.6.